The zero-order valence-electron chi connectivity index (χ0n) is 15.9. The van der Waals surface area contributed by atoms with Crippen molar-refractivity contribution in [3.63, 3.8) is 0 Å². The molecule has 0 aliphatic carbocycles. The predicted octanol–water partition coefficient (Wildman–Crippen LogP) is 2.68. The number of hydrogen-bond donors (Lipinski definition) is 2. The van der Waals surface area contributed by atoms with E-state index in [2.05, 4.69) is 10.6 Å². The van der Waals surface area contributed by atoms with Crippen LogP contribution in [-0.4, -0.2) is 50.5 Å². The van der Waals surface area contributed by atoms with E-state index in [4.69, 9.17) is 4.74 Å². The summed E-state index contributed by atoms with van der Waals surface area (Å²) in [5.74, 6) is 0.363. The van der Waals surface area contributed by atoms with Crippen molar-refractivity contribution in [2.75, 3.05) is 40.1 Å². The van der Waals surface area contributed by atoms with E-state index >= 15 is 0 Å². The van der Waals surface area contributed by atoms with E-state index in [9.17, 15) is 14.9 Å². The van der Waals surface area contributed by atoms with Crippen molar-refractivity contribution < 1.29 is 14.5 Å². The van der Waals surface area contributed by atoms with Crippen LogP contribution in [0.1, 0.15) is 22.0 Å². The number of benzene rings is 2. The van der Waals surface area contributed by atoms with Gasteiger partial charge in [-0.2, -0.15) is 0 Å². The van der Waals surface area contributed by atoms with E-state index in [1.165, 1.54) is 12.1 Å². The number of nitro groups is 1. The molecule has 2 aromatic rings. The molecule has 8 nitrogen and oxygen atoms in total. The first-order valence-electron chi connectivity index (χ1n) is 8.42. The summed E-state index contributed by atoms with van der Waals surface area (Å²) in [6, 6.07) is 11.9. The number of ether oxygens (including phenoxy) is 1. The molecule has 1 unspecified atom stereocenters. The molecule has 27 heavy (non-hydrogen) atoms. The Morgan fingerprint density at radius 2 is 1.96 bits per heavy atom. The molecule has 0 radical (unpaired) electrons. The number of carbonyl (C=O) groups is 1. The number of nitro benzene ring substituents is 1. The highest BCUT2D eigenvalue weighted by atomic mass is 16.6. The standard InChI is InChI=1S/C19H24N4O4/c1-20-15-10-9-13(11-16(15)23(25)26)19(24)21-12-17(22(2)3)14-7-5-6-8-18(14)27-4/h5-11,17,20H,12H2,1-4H3,(H,21,24). The van der Waals surface area contributed by atoms with E-state index in [1.54, 1.807) is 20.2 Å². The number of rotatable bonds is 8. The molecule has 0 spiro atoms. The molecule has 8 heteroatoms. The molecule has 0 aromatic heterocycles. The van der Waals surface area contributed by atoms with Crippen LogP contribution in [0.2, 0.25) is 0 Å². The molecule has 2 aromatic carbocycles. The summed E-state index contributed by atoms with van der Waals surface area (Å²) in [6.07, 6.45) is 0. The number of likely N-dealkylation sites (N-methyl/N-ethyl adjacent to an activating group) is 1. The van der Waals surface area contributed by atoms with E-state index in [0.29, 0.717) is 12.2 Å². The van der Waals surface area contributed by atoms with Gasteiger partial charge in [0.1, 0.15) is 11.4 Å². The first-order chi connectivity index (χ1) is 12.9. The van der Waals surface area contributed by atoms with Crippen LogP contribution >= 0.6 is 0 Å². The molecule has 0 fully saturated rings. The summed E-state index contributed by atoms with van der Waals surface area (Å²) >= 11 is 0. The fourth-order valence-electron chi connectivity index (χ4n) is 2.84. The summed E-state index contributed by atoms with van der Waals surface area (Å²) in [6.45, 7) is 0.327. The molecule has 0 heterocycles. The third kappa shape index (κ3) is 4.73. The highest BCUT2D eigenvalue weighted by Crippen LogP contribution is 2.28. The zero-order valence-corrected chi connectivity index (χ0v) is 15.9. The Kier molecular flexibility index (Phi) is 6.73. The predicted molar refractivity (Wildman–Crippen MR) is 104 cm³/mol. The second kappa shape index (κ2) is 9.00. The van der Waals surface area contributed by atoms with Gasteiger partial charge >= 0.3 is 0 Å². The zero-order chi connectivity index (χ0) is 20.0. The first-order valence-corrected chi connectivity index (χ1v) is 8.42. The van der Waals surface area contributed by atoms with Gasteiger partial charge in [-0.25, -0.2) is 0 Å². The van der Waals surface area contributed by atoms with Crippen molar-refractivity contribution in [1.82, 2.24) is 10.2 Å². The molecule has 1 atom stereocenters. The summed E-state index contributed by atoms with van der Waals surface area (Å²) < 4.78 is 5.41. The number of para-hydroxylation sites is 1. The average Bonchev–Trinajstić information content (AvgIpc) is 2.67. The van der Waals surface area contributed by atoms with Gasteiger partial charge in [0, 0.05) is 30.8 Å². The van der Waals surface area contributed by atoms with Crippen LogP contribution in [0.15, 0.2) is 42.5 Å². The lowest BCUT2D eigenvalue weighted by atomic mass is 10.0. The summed E-state index contributed by atoms with van der Waals surface area (Å²) in [7, 11) is 7.02. The molecule has 0 saturated heterocycles. The normalized spacial score (nSPS) is 11.7. The number of nitrogens with zero attached hydrogens (tertiary/aromatic N) is 2. The van der Waals surface area contributed by atoms with Gasteiger partial charge in [0.25, 0.3) is 11.6 Å². The summed E-state index contributed by atoms with van der Waals surface area (Å²) in [5, 5.41) is 16.8. The maximum atomic E-state index is 12.5. The van der Waals surface area contributed by atoms with Gasteiger partial charge in [-0.15, -0.1) is 0 Å². The highest BCUT2D eigenvalue weighted by Gasteiger charge is 2.21. The van der Waals surface area contributed by atoms with Crippen molar-refractivity contribution >= 4 is 17.3 Å². The maximum Gasteiger partial charge on any atom is 0.293 e. The summed E-state index contributed by atoms with van der Waals surface area (Å²) in [5.41, 5.74) is 1.40. The van der Waals surface area contributed by atoms with Crippen LogP contribution in [-0.2, 0) is 0 Å². The number of nitrogens with one attached hydrogen (secondary N) is 2. The van der Waals surface area contributed by atoms with E-state index in [1.807, 2.05) is 43.3 Å². The maximum absolute atomic E-state index is 12.5. The quantitative estimate of drug-likeness (QED) is 0.546. The monoisotopic (exact) mass is 372 g/mol. The second-order valence-corrected chi connectivity index (χ2v) is 6.17. The second-order valence-electron chi connectivity index (χ2n) is 6.17. The van der Waals surface area contributed by atoms with Gasteiger partial charge in [-0.3, -0.25) is 14.9 Å². The average molecular weight is 372 g/mol. The fourth-order valence-corrected chi connectivity index (χ4v) is 2.84. The van der Waals surface area contributed by atoms with Crippen LogP contribution in [0.25, 0.3) is 0 Å². The lowest BCUT2D eigenvalue weighted by molar-refractivity contribution is -0.384. The van der Waals surface area contributed by atoms with Crippen molar-refractivity contribution in [3.8, 4) is 5.75 Å². The third-order valence-corrected chi connectivity index (χ3v) is 4.30. The molecule has 144 valence electrons. The lowest BCUT2D eigenvalue weighted by Crippen LogP contribution is -2.34. The number of methoxy groups -OCH3 is 1. The Bertz CT molecular complexity index is 823. The molecular formula is C19H24N4O4. The van der Waals surface area contributed by atoms with Gasteiger partial charge in [0.15, 0.2) is 0 Å². The largest absolute Gasteiger partial charge is 0.496 e. The Morgan fingerprint density at radius 3 is 2.56 bits per heavy atom. The number of anilines is 1. The van der Waals surface area contributed by atoms with Gasteiger partial charge < -0.3 is 20.3 Å². The van der Waals surface area contributed by atoms with Crippen LogP contribution in [0.3, 0.4) is 0 Å². The molecule has 0 aliphatic rings. The number of amides is 1. The van der Waals surface area contributed by atoms with Crippen LogP contribution in [0.5, 0.6) is 5.75 Å². The van der Waals surface area contributed by atoms with Gasteiger partial charge in [-0.05, 0) is 32.3 Å². The van der Waals surface area contributed by atoms with Crippen LogP contribution < -0.4 is 15.4 Å². The number of carbonyl (C=O) groups excluding carboxylic acids is 1. The molecule has 0 aliphatic heterocycles. The van der Waals surface area contributed by atoms with Gasteiger partial charge in [-0.1, -0.05) is 18.2 Å². The SMILES string of the molecule is CNc1ccc(C(=O)NCC(c2ccccc2OC)N(C)C)cc1[N+](=O)[O-]. The van der Waals surface area contributed by atoms with Crippen molar-refractivity contribution in [2.24, 2.45) is 0 Å². The Labute approximate surface area is 158 Å². The van der Waals surface area contributed by atoms with Crippen LogP contribution in [0, 0.1) is 10.1 Å². The molecule has 1 amide bonds. The number of hydrogen-bond acceptors (Lipinski definition) is 6. The van der Waals surface area contributed by atoms with Gasteiger partial charge in [0.2, 0.25) is 0 Å². The van der Waals surface area contributed by atoms with Crippen LogP contribution in [0.4, 0.5) is 11.4 Å². The van der Waals surface area contributed by atoms with E-state index in [0.717, 1.165) is 11.3 Å². The molecule has 0 bridgehead atoms. The van der Waals surface area contributed by atoms with Crippen molar-refractivity contribution in [3.05, 3.63) is 63.7 Å². The molecule has 2 N–H and O–H groups in total. The first kappa shape index (κ1) is 20.2. The van der Waals surface area contributed by atoms with Crippen molar-refractivity contribution in [2.45, 2.75) is 6.04 Å². The Balaban J connectivity index is 2.19. The van der Waals surface area contributed by atoms with Crippen molar-refractivity contribution in [1.29, 1.82) is 0 Å². The fraction of sp³-hybridized carbons (Fsp3) is 0.316. The minimum atomic E-state index is -0.514. The topological polar surface area (TPSA) is 96.7 Å². The smallest absolute Gasteiger partial charge is 0.293 e. The Hall–Kier alpha value is -3.13. The van der Waals surface area contributed by atoms with E-state index in [-0.39, 0.29) is 23.2 Å². The lowest BCUT2D eigenvalue weighted by Gasteiger charge is -2.26. The Morgan fingerprint density at radius 1 is 1.26 bits per heavy atom. The van der Waals surface area contributed by atoms with E-state index < -0.39 is 4.92 Å². The minimum Gasteiger partial charge on any atom is -0.496 e. The molecule has 0 saturated carbocycles. The van der Waals surface area contributed by atoms with Gasteiger partial charge in [0.05, 0.1) is 18.1 Å². The third-order valence-electron chi connectivity index (χ3n) is 4.30. The highest BCUT2D eigenvalue weighted by molar-refractivity contribution is 5.95. The minimum absolute atomic E-state index is 0.114. The molecular weight excluding hydrogens is 348 g/mol. The molecule has 2 rings (SSSR count). The summed E-state index contributed by atoms with van der Waals surface area (Å²) in [4.78, 5) is 25.2.